The number of aromatic nitrogens is 4. The SMILES string of the molecule is N[13c]1n[13c]2[13c](n[13cH]n2[13C@@H]2O[13C@H]([13CH2]O)[13C@H](O)[13C@@H]2O)[13c](=O)[nH]1. The van der Waals surface area contributed by atoms with Crippen LogP contribution in [0.2, 0.25) is 0 Å². The van der Waals surface area contributed by atoms with Crippen LogP contribution >= 0.6 is 0 Å². The van der Waals surface area contributed by atoms with Gasteiger partial charge in [0.05, 0.1) is 12.9 Å². The van der Waals surface area contributed by atoms with Gasteiger partial charge in [0.15, 0.2) is 17.4 Å². The maximum absolute atomic E-state index is 11.7. The van der Waals surface area contributed by atoms with E-state index in [4.69, 9.17) is 15.6 Å². The Hall–Kier alpha value is -2.01. The summed E-state index contributed by atoms with van der Waals surface area (Å²) >= 11 is 0. The summed E-state index contributed by atoms with van der Waals surface area (Å²) in [6.07, 6.45) is -3.21. The molecule has 20 heavy (non-hydrogen) atoms. The van der Waals surface area contributed by atoms with Crippen molar-refractivity contribution in [1.82, 2.24) is 19.5 Å². The smallest absolute Gasteiger partial charge is 0.280 e. The van der Waals surface area contributed by atoms with Crippen LogP contribution in [0.1, 0.15) is 6.23 Å². The summed E-state index contributed by atoms with van der Waals surface area (Å²) in [4.78, 5) is 21.8. The van der Waals surface area contributed by atoms with Crippen LogP contribution < -0.4 is 11.3 Å². The standard InChI is InChI=1S/C10H13N5O5/c11-10-13-7-4(8(19)14-10)12-2-15(7)9-6(18)5(17)3(1-16)20-9/h2-3,5-6,9,16-18H,1H2,(H3,11,13,14,19)/t3-,5+,6+,9-/m1/s1/i1+1,2+1,3+1,4+1,5+1,6+1,7+1,8+1,9+1,10+1. The molecule has 0 amide bonds. The number of aliphatic hydroxyl groups is 3. The van der Waals surface area contributed by atoms with Gasteiger partial charge < -0.3 is 25.8 Å². The van der Waals surface area contributed by atoms with Gasteiger partial charge in [-0.15, -0.1) is 0 Å². The average molecular weight is 293 g/mol. The number of nitrogen functional groups attached to an aromatic ring is 1. The highest BCUT2D eigenvalue weighted by Crippen LogP contribution is 2.30. The van der Waals surface area contributed by atoms with Gasteiger partial charge in [-0.2, -0.15) is 4.98 Å². The number of fused-ring (bicyclic) bond motifs is 1. The number of H-pyrrole nitrogens is 1. The Labute approximate surface area is 111 Å². The van der Waals surface area contributed by atoms with E-state index in [1.54, 1.807) is 0 Å². The van der Waals surface area contributed by atoms with E-state index in [-0.39, 0.29) is 17.1 Å². The van der Waals surface area contributed by atoms with E-state index in [0.717, 1.165) is 0 Å². The second-order valence-corrected chi connectivity index (χ2v) is 4.50. The van der Waals surface area contributed by atoms with Gasteiger partial charge in [-0.25, -0.2) is 4.98 Å². The van der Waals surface area contributed by atoms with Crippen LogP contribution in [0.3, 0.4) is 0 Å². The van der Waals surface area contributed by atoms with E-state index in [0.29, 0.717) is 0 Å². The second-order valence-electron chi connectivity index (χ2n) is 4.50. The zero-order chi connectivity index (χ0) is 14.4. The van der Waals surface area contributed by atoms with E-state index in [1.807, 2.05) is 0 Å². The fourth-order valence-corrected chi connectivity index (χ4v) is 2.24. The normalized spacial score (nSPS) is 30.1. The van der Waals surface area contributed by atoms with Crippen molar-refractivity contribution >= 4 is 17.1 Å². The van der Waals surface area contributed by atoms with E-state index >= 15 is 0 Å². The van der Waals surface area contributed by atoms with E-state index < -0.39 is 36.7 Å². The maximum atomic E-state index is 11.7. The van der Waals surface area contributed by atoms with Crippen LogP contribution in [-0.2, 0) is 4.74 Å². The molecule has 1 aliphatic heterocycles. The van der Waals surface area contributed by atoms with Gasteiger partial charge in [-0.3, -0.25) is 14.3 Å². The molecule has 10 heteroatoms. The van der Waals surface area contributed by atoms with Crippen LogP contribution in [0.25, 0.3) is 11.2 Å². The van der Waals surface area contributed by atoms with Crippen molar-refractivity contribution in [3.05, 3.63) is 16.7 Å². The number of hydrogen-bond acceptors (Lipinski definition) is 8. The van der Waals surface area contributed by atoms with Crippen molar-refractivity contribution in [3.63, 3.8) is 0 Å². The first-order valence-electron chi connectivity index (χ1n) is 5.87. The quantitative estimate of drug-likeness (QED) is 0.374. The molecule has 3 rings (SSSR count). The van der Waals surface area contributed by atoms with Crippen molar-refractivity contribution in [3.8, 4) is 0 Å². The molecule has 2 aromatic rings. The Morgan fingerprint density at radius 1 is 1.45 bits per heavy atom. The first-order chi connectivity index (χ1) is 9.52. The minimum atomic E-state index is -1.29. The number of rotatable bonds is 2. The lowest BCUT2D eigenvalue weighted by Crippen LogP contribution is -2.33. The molecule has 0 spiro atoms. The Morgan fingerprint density at radius 2 is 2.20 bits per heavy atom. The van der Waals surface area contributed by atoms with Crippen LogP contribution in [0.5, 0.6) is 0 Å². The molecule has 108 valence electrons. The zero-order valence-corrected chi connectivity index (χ0v) is 10.2. The third-order valence-corrected chi connectivity index (χ3v) is 3.24. The molecule has 0 radical (unpaired) electrons. The van der Waals surface area contributed by atoms with Gasteiger partial charge >= 0.3 is 0 Å². The lowest BCUT2D eigenvalue weighted by Gasteiger charge is -2.16. The number of nitrogens with one attached hydrogen (secondary N) is 1. The predicted molar refractivity (Wildman–Crippen MR) is 65.6 cm³/mol. The van der Waals surface area contributed by atoms with Crippen molar-refractivity contribution < 1.29 is 20.1 Å². The summed E-state index contributed by atoms with van der Waals surface area (Å²) < 4.78 is 6.64. The van der Waals surface area contributed by atoms with Gasteiger partial charge in [0.2, 0.25) is 5.95 Å². The van der Waals surface area contributed by atoms with Crippen molar-refractivity contribution in [2.45, 2.75) is 24.5 Å². The van der Waals surface area contributed by atoms with Gasteiger partial charge in [0.1, 0.15) is 18.3 Å². The number of nitrogens with zero attached hydrogens (tertiary/aromatic N) is 3. The van der Waals surface area contributed by atoms with Crippen molar-refractivity contribution in [2.75, 3.05) is 12.3 Å². The molecule has 3 heterocycles. The Morgan fingerprint density at radius 3 is 2.85 bits per heavy atom. The third-order valence-electron chi connectivity index (χ3n) is 3.24. The van der Waals surface area contributed by atoms with Gasteiger partial charge in [-0.1, -0.05) is 0 Å². The first kappa shape index (κ1) is 13.0. The summed E-state index contributed by atoms with van der Waals surface area (Å²) in [5.41, 5.74) is 5.12. The Kier molecular flexibility index (Phi) is 2.94. The van der Waals surface area contributed by atoms with E-state index in [9.17, 15) is 15.0 Å². The number of nitrogens with two attached hydrogens (primary N) is 1. The minimum absolute atomic E-state index is 0.0388. The highest BCUT2D eigenvalue weighted by molar-refractivity contribution is 5.70. The van der Waals surface area contributed by atoms with Gasteiger partial charge in [0.25, 0.3) is 5.56 Å². The average Bonchev–Trinajstić information content (AvgIpc) is 2.93. The van der Waals surface area contributed by atoms with Crippen LogP contribution in [0.4, 0.5) is 5.95 Å². The number of anilines is 1. The number of aromatic amines is 1. The summed E-state index contributed by atoms with van der Waals surface area (Å²) in [7, 11) is 0. The van der Waals surface area contributed by atoms with E-state index in [1.165, 1.54) is 10.9 Å². The molecular formula is C10H13N5O5. The highest BCUT2D eigenvalue weighted by Gasteiger charge is 2.44. The summed E-state index contributed by atoms with van der Waals surface area (Å²) in [6.45, 7) is -0.447. The van der Waals surface area contributed by atoms with Crippen LogP contribution in [0.15, 0.2) is 11.1 Å². The minimum Gasteiger partial charge on any atom is -0.394 e. The fourth-order valence-electron chi connectivity index (χ4n) is 2.24. The number of hydrogen-bond donors (Lipinski definition) is 5. The second kappa shape index (κ2) is 4.52. The van der Waals surface area contributed by atoms with Crippen molar-refractivity contribution in [1.29, 1.82) is 0 Å². The predicted octanol–water partition coefficient (Wildman–Crippen LogP) is -2.69. The lowest BCUT2D eigenvalue weighted by molar-refractivity contribution is -0.0511. The third kappa shape index (κ3) is 1.78. The molecule has 1 fully saturated rings. The zero-order valence-electron chi connectivity index (χ0n) is 10.2. The molecule has 0 bridgehead atoms. The molecule has 0 aromatic carbocycles. The van der Waals surface area contributed by atoms with Crippen LogP contribution in [0, 0.1) is 0 Å². The molecule has 0 aliphatic carbocycles. The molecule has 4 atom stereocenters. The monoisotopic (exact) mass is 293 g/mol. The molecule has 10 nitrogen and oxygen atoms in total. The molecule has 6 N–H and O–H groups in total. The summed E-state index contributed by atoms with van der Waals surface area (Å²) in [5.74, 6) is -0.101. The molecule has 1 aliphatic rings. The first-order valence-corrected chi connectivity index (χ1v) is 5.87. The fraction of sp³-hybridized carbons (Fsp3) is 0.500. The molecule has 0 unspecified atom stereocenters. The number of imidazole rings is 1. The number of ether oxygens (including phenoxy) is 1. The highest BCUT2D eigenvalue weighted by atomic mass is 16.8. The van der Waals surface area contributed by atoms with Crippen LogP contribution in [-0.4, -0.2) is 59.8 Å². The molecular weight excluding hydrogens is 280 g/mol. The topological polar surface area (TPSA) is 160 Å². The Balaban J connectivity index is 2.09. The number of aliphatic hydroxyl groups excluding tert-OH is 3. The largest absolute Gasteiger partial charge is 0.394 e. The summed E-state index contributed by atoms with van der Waals surface area (Å²) in [6, 6.07) is 0. The summed E-state index contributed by atoms with van der Waals surface area (Å²) in [5, 5.41) is 28.7. The van der Waals surface area contributed by atoms with Gasteiger partial charge in [-0.05, 0) is 0 Å². The van der Waals surface area contributed by atoms with E-state index in [2.05, 4.69) is 15.0 Å². The molecule has 0 saturated carbocycles. The maximum Gasteiger partial charge on any atom is 0.280 e. The molecule has 2 aromatic heterocycles. The Bertz CT molecular complexity index is 697. The lowest BCUT2D eigenvalue weighted by atomic mass is 11.1. The molecule has 1 saturated heterocycles. The van der Waals surface area contributed by atoms with Gasteiger partial charge in [0, 0.05) is 0 Å². The van der Waals surface area contributed by atoms with Crippen molar-refractivity contribution in [2.24, 2.45) is 0 Å².